The van der Waals surface area contributed by atoms with Crippen LogP contribution in [0.5, 0.6) is 5.75 Å². The molecule has 0 aromatic heterocycles. The first-order valence-electron chi connectivity index (χ1n) is 6.93. The van der Waals surface area contributed by atoms with E-state index in [1.807, 2.05) is 0 Å². The molecule has 1 aromatic carbocycles. The maximum Gasteiger partial charge on any atom is 0.123 e. The average Bonchev–Trinajstić information content (AvgIpc) is 2.40. The number of hydrogen-bond acceptors (Lipinski definition) is 4. The number of aliphatic hydroxyl groups excluding tert-OH is 1. The molecular weight excluding hydrogens is 261 g/mol. The Hall–Kier alpha value is -1.17. The van der Waals surface area contributed by atoms with Crippen molar-refractivity contribution in [3.63, 3.8) is 0 Å². The molecule has 5 heteroatoms. The predicted molar refractivity (Wildman–Crippen MR) is 76.4 cm³/mol. The lowest BCUT2D eigenvalue weighted by atomic mass is 10.2. The van der Waals surface area contributed by atoms with Crippen molar-refractivity contribution in [2.45, 2.75) is 20.0 Å². The number of hydrogen-bond donors (Lipinski definition) is 2. The molecular formula is C15H24FNO3. The van der Waals surface area contributed by atoms with Gasteiger partial charge in [0, 0.05) is 6.54 Å². The van der Waals surface area contributed by atoms with Crippen LogP contribution in [0.1, 0.15) is 13.8 Å². The van der Waals surface area contributed by atoms with Gasteiger partial charge in [0.25, 0.3) is 0 Å². The van der Waals surface area contributed by atoms with Crippen molar-refractivity contribution >= 4 is 0 Å². The molecule has 0 aliphatic rings. The quantitative estimate of drug-likeness (QED) is 0.644. The zero-order chi connectivity index (χ0) is 14.8. The Morgan fingerprint density at radius 1 is 1.15 bits per heavy atom. The third-order valence-corrected chi connectivity index (χ3v) is 2.55. The first kappa shape index (κ1) is 16.9. The number of benzene rings is 1. The lowest BCUT2D eigenvalue weighted by Gasteiger charge is -2.13. The van der Waals surface area contributed by atoms with E-state index in [-0.39, 0.29) is 12.4 Å². The summed E-state index contributed by atoms with van der Waals surface area (Å²) in [6.45, 7) is 6.67. The molecule has 4 nitrogen and oxygen atoms in total. The van der Waals surface area contributed by atoms with E-state index in [1.54, 1.807) is 12.1 Å². The number of ether oxygens (including phenoxy) is 2. The minimum absolute atomic E-state index is 0.276. The van der Waals surface area contributed by atoms with Crippen molar-refractivity contribution in [1.82, 2.24) is 5.32 Å². The molecule has 1 atom stereocenters. The molecule has 0 bridgehead atoms. The topological polar surface area (TPSA) is 50.7 Å². The normalized spacial score (nSPS) is 12.7. The van der Waals surface area contributed by atoms with E-state index >= 15 is 0 Å². The van der Waals surface area contributed by atoms with E-state index < -0.39 is 6.10 Å². The zero-order valence-corrected chi connectivity index (χ0v) is 12.1. The molecule has 0 heterocycles. The molecule has 0 saturated heterocycles. The molecule has 0 aliphatic heterocycles. The molecule has 1 rings (SSSR count). The zero-order valence-electron chi connectivity index (χ0n) is 12.1. The second-order valence-electron chi connectivity index (χ2n) is 5.08. The maximum absolute atomic E-state index is 12.7. The standard InChI is InChI=1S/C15H24FNO3/c1-12(2)9-17-10-14(18)11-19-7-8-20-15-5-3-13(16)4-6-15/h3-6,12,14,17-18H,7-11H2,1-2H3. The van der Waals surface area contributed by atoms with E-state index in [0.29, 0.717) is 31.4 Å². The van der Waals surface area contributed by atoms with Crippen LogP contribution in [0, 0.1) is 11.7 Å². The van der Waals surface area contributed by atoms with Crippen molar-refractivity contribution in [2.24, 2.45) is 5.92 Å². The summed E-state index contributed by atoms with van der Waals surface area (Å²) in [6, 6.07) is 5.83. The fourth-order valence-electron chi connectivity index (χ4n) is 1.57. The average molecular weight is 285 g/mol. The summed E-state index contributed by atoms with van der Waals surface area (Å²) in [4.78, 5) is 0. The Labute approximate surface area is 119 Å². The Morgan fingerprint density at radius 2 is 1.85 bits per heavy atom. The molecule has 20 heavy (non-hydrogen) atoms. The Balaban J connectivity index is 2.00. The molecule has 0 amide bonds. The van der Waals surface area contributed by atoms with Gasteiger partial charge in [0.05, 0.1) is 19.3 Å². The molecule has 1 aromatic rings. The van der Waals surface area contributed by atoms with Crippen molar-refractivity contribution < 1.29 is 19.0 Å². The van der Waals surface area contributed by atoms with Crippen LogP contribution < -0.4 is 10.1 Å². The summed E-state index contributed by atoms with van der Waals surface area (Å²) in [5.74, 6) is 0.881. The smallest absolute Gasteiger partial charge is 0.123 e. The first-order chi connectivity index (χ1) is 9.58. The molecule has 0 saturated carbocycles. The van der Waals surface area contributed by atoms with Gasteiger partial charge in [-0.25, -0.2) is 4.39 Å². The van der Waals surface area contributed by atoms with Crippen LogP contribution in [0.25, 0.3) is 0 Å². The van der Waals surface area contributed by atoms with Crippen molar-refractivity contribution in [2.75, 3.05) is 32.9 Å². The van der Waals surface area contributed by atoms with Gasteiger partial charge in [-0.05, 0) is 36.7 Å². The van der Waals surface area contributed by atoms with Crippen molar-refractivity contribution in [3.8, 4) is 5.75 Å². The second kappa shape index (κ2) is 9.69. The van der Waals surface area contributed by atoms with Gasteiger partial charge in [0.15, 0.2) is 0 Å². The van der Waals surface area contributed by atoms with Gasteiger partial charge in [0.2, 0.25) is 0 Å². The highest BCUT2D eigenvalue weighted by Gasteiger charge is 2.04. The monoisotopic (exact) mass is 285 g/mol. The fourth-order valence-corrected chi connectivity index (χ4v) is 1.57. The van der Waals surface area contributed by atoms with Crippen LogP contribution in [0.3, 0.4) is 0 Å². The van der Waals surface area contributed by atoms with Gasteiger partial charge in [-0.15, -0.1) is 0 Å². The lowest BCUT2D eigenvalue weighted by Crippen LogP contribution is -2.32. The summed E-state index contributed by atoms with van der Waals surface area (Å²) in [5.41, 5.74) is 0. The van der Waals surface area contributed by atoms with Gasteiger partial charge in [-0.3, -0.25) is 0 Å². The van der Waals surface area contributed by atoms with Crippen LogP contribution >= 0.6 is 0 Å². The number of aliphatic hydroxyl groups is 1. The minimum atomic E-state index is -0.514. The van der Waals surface area contributed by atoms with Crippen molar-refractivity contribution in [3.05, 3.63) is 30.1 Å². The van der Waals surface area contributed by atoms with Gasteiger partial charge in [0.1, 0.15) is 18.2 Å². The van der Waals surface area contributed by atoms with Gasteiger partial charge < -0.3 is 19.9 Å². The highest BCUT2D eigenvalue weighted by atomic mass is 19.1. The van der Waals surface area contributed by atoms with Gasteiger partial charge in [-0.2, -0.15) is 0 Å². The molecule has 114 valence electrons. The summed E-state index contributed by atoms with van der Waals surface area (Å²) in [6.07, 6.45) is -0.514. The van der Waals surface area contributed by atoms with E-state index in [2.05, 4.69) is 19.2 Å². The summed E-state index contributed by atoms with van der Waals surface area (Å²) in [7, 11) is 0. The SMILES string of the molecule is CC(C)CNCC(O)COCCOc1ccc(F)cc1. The highest BCUT2D eigenvalue weighted by molar-refractivity contribution is 5.21. The number of rotatable bonds is 10. The number of nitrogens with one attached hydrogen (secondary N) is 1. The van der Waals surface area contributed by atoms with Crippen LogP contribution in [-0.4, -0.2) is 44.1 Å². The first-order valence-corrected chi connectivity index (χ1v) is 6.93. The fraction of sp³-hybridized carbons (Fsp3) is 0.600. The van der Waals surface area contributed by atoms with Crippen LogP contribution in [-0.2, 0) is 4.74 Å². The highest BCUT2D eigenvalue weighted by Crippen LogP contribution is 2.10. The Bertz CT molecular complexity index is 357. The van der Waals surface area contributed by atoms with Gasteiger partial charge in [-0.1, -0.05) is 13.8 Å². The Kier molecular flexibility index (Phi) is 8.18. The van der Waals surface area contributed by atoms with Crippen LogP contribution in [0.15, 0.2) is 24.3 Å². The summed E-state index contributed by atoms with van der Waals surface area (Å²) in [5, 5.41) is 12.8. The molecule has 0 fully saturated rings. The van der Waals surface area contributed by atoms with Crippen LogP contribution in [0.4, 0.5) is 4.39 Å². The molecule has 0 radical (unpaired) electrons. The van der Waals surface area contributed by atoms with Crippen LogP contribution in [0.2, 0.25) is 0 Å². The van der Waals surface area contributed by atoms with E-state index in [0.717, 1.165) is 6.54 Å². The molecule has 0 spiro atoms. The third-order valence-electron chi connectivity index (χ3n) is 2.55. The maximum atomic E-state index is 12.7. The predicted octanol–water partition coefficient (Wildman–Crippen LogP) is 1.83. The Morgan fingerprint density at radius 3 is 2.50 bits per heavy atom. The molecule has 2 N–H and O–H groups in total. The largest absolute Gasteiger partial charge is 0.491 e. The summed E-state index contributed by atoms with van der Waals surface area (Å²) < 4.78 is 23.3. The summed E-state index contributed by atoms with van der Waals surface area (Å²) >= 11 is 0. The number of halogens is 1. The van der Waals surface area contributed by atoms with Gasteiger partial charge >= 0.3 is 0 Å². The third kappa shape index (κ3) is 8.09. The molecule has 0 aliphatic carbocycles. The molecule has 1 unspecified atom stereocenters. The lowest BCUT2D eigenvalue weighted by molar-refractivity contribution is 0.0249. The minimum Gasteiger partial charge on any atom is -0.491 e. The van der Waals surface area contributed by atoms with E-state index in [1.165, 1.54) is 12.1 Å². The van der Waals surface area contributed by atoms with E-state index in [9.17, 15) is 9.50 Å². The van der Waals surface area contributed by atoms with E-state index in [4.69, 9.17) is 9.47 Å². The van der Waals surface area contributed by atoms with Crippen molar-refractivity contribution in [1.29, 1.82) is 0 Å². The second-order valence-corrected chi connectivity index (χ2v) is 5.08.